The Labute approximate surface area is 127 Å². The molecule has 1 aliphatic carbocycles. The lowest BCUT2D eigenvalue weighted by molar-refractivity contribution is -0.122. The monoisotopic (exact) mass is 292 g/mol. The Morgan fingerprint density at radius 1 is 1.43 bits per heavy atom. The van der Waals surface area contributed by atoms with Crippen molar-refractivity contribution in [3.8, 4) is 0 Å². The van der Waals surface area contributed by atoms with Crippen LogP contribution in [0.25, 0.3) is 0 Å². The van der Waals surface area contributed by atoms with Crippen LogP contribution in [-0.2, 0) is 11.8 Å². The molecule has 0 amide bonds. The Morgan fingerprint density at radius 2 is 2.19 bits per heavy atom. The number of nitrogens with two attached hydrogens (primary N) is 1. The number of hydrogen-bond donors (Lipinski definition) is 2. The highest BCUT2D eigenvalue weighted by Crippen LogP contribution is 2.44. The molecule has 21 heavy (non-hydrogen) atoms. The normalized spacial score (nSPS) is 26.9. The first-order valence-corrected chi connectivity index (χ1v) is 8.24. The van der Waals surface area contributed by atoms with Gasteiger partial charge in [-0.3, -0.25) is 16.0 Å². The number of rotatable bonds is 3. The molecule has 0 bridgehead atoms. The van der Waals surface area contributed by atoms with Gasteiger partial charge in [0.2, 0.25) is 0 Å². The van der Waals surface area contributed by atoms with Gasteiger partial charge in [-0.25, -0.2) is 0 Å². The zero-order chi connectivity index (χ0) is 14.9. The summed E-state index contributed by atoms with van der Waals surface area (Å²) in [5.41, 5.74) is 5.60. The second-order valence-electron chi connectivity index (χ2n) is 6.80. The van der Waals surface area contributed by atoms with E-state index in [1.807, 2.05) is 17.9 Å². The summed E-state index contributed by atoms with van der Waals surface area (Å²) in [6.07, 6.45) is 10.6. The van der Waals surface area contributed by atoms with Gasteiger partial charge in [0.05, 0.1) is 17.8 Å². The predicted octanol–water partition coefficient (Wildman–Crippen LogP) is 2.36. The highest BCUT2D eigenvalue weighted by atomic mass is 16.5. The molecule has 5 heteroatoms. The molecule has 2 fully saturated rings. The summed E-state index contributed by atoms with van der Waals surface area (Å²) < 4.78 is 8.14. The minimum absolute atomic E-state index is 0.117. The van der Waals surface area contributed by atoms with E-state index in [0.717, 1.165) is 19.4 Å². The zero-order valence-corrected chi connectivity index (χ0v) is 13.3. The minimum Gasteiger partial charge on any atom is -0.375 e. The first kappa shape index (κ1) is 15.0. The highest BCUT2D eigenvalue weighted by Gasteiger charge is 2.41. The molecule has 1 aliphatic heterocycles. The molecule has 2 atom stereocenters. The van der Waals surface area contributed by atoms with E-state index >= 15 is 0 Å². The van der Waals surface area contributed by atoms with Gasteiger partial charge < -0.3 is 4.74 Å². The molecular formula is C16H28N4O. The van der Waals surface area contributed by atoms with Crippen molar-refractivity contribution in [2.45, 2.75) is 63.5 Å². The average molecular weight is 292 g/mol. The lowest BCUT2D eigenvalue weighted by Crippen LogP contribution is -2.46. The van der Waals surface area contributed by atoms with Gasteiger partial charge >= 0.3 is 0 Å². The fourth-order valence-corrected chi connectivity index (χ4v) is 4.20. The quantitative estimate of drug-likeness (QED) is 0.663. The maximum Gasteiger partial charge on any atom is 0.0686 e. The van der Waals surface area contributed by atoms with E-state index < -0.39 is 0 Å². The van der Waals surface area contributed by atoms with Gasteiger partial charge in [0, 0.05) is 24.9 Å². The predicted molar refractivity (Wildman–Crippen MR) is 82.5 cm³/mol. The molecule has 1 aromatic heterocycles. The third-order valence-corrected chi connectivity index (χ3v) is 5.56. The van der Waals surface area contributed by atoms with E-state index in [2.05, 4.69) is 17.4 Å². The minimum atomic E-state index is 0.117. The van der Waals surface area contributed by atoms with Gasteiger partial charge in [0.1, 0.15) is 0 Å². The SMILES string of the molecule is Cc1c(C(NN)C2CCOC3(CCCCC3)C2)cnn1C. The summed E-state index contributed by atoms with van der Waals surface area (Å²) in [5.74, 6) is 6.44. The van der Waals surface area contributed by atoms with Crippen LogP contribution in [0.3, 0.4) is 0 Å². The van der Waals surface area contributed by atoms with Crippen LogP contribution in [0.1, 0.15) is 62.2 Å². The average Bonchev–Trinajstić information content (AvgIpc) is 2.82. The van der Waals surface area contributed by atoms with Crippen molar-refractivity contribution in [3.05, 3.63) is 17.5 Å². The Hall–Kier alpha value is -0.910. The number of ether oxygens (including phenoxy) is 1. The van der Waals surface area contributed by atoms with E-state index in [4.69, 9.17) is 10.6 Å². The van der Waals surface area contributed by atoms with E-state index in [0.29, 0.717) is 5.92 Å². The molecule has 0 radical (unpaired) electrons. The topological polar surface area (TPSA) is 65.1 Å². The van der Waals surface area contributed by atoms with Crippen molar-refractivity contribution in [3.63, 3.8) is 0 Å². The van der Waals surface area contributed by atoms with Crippen molar-refractivity contribution in [2.24, 2.45) is 18.8 Å². The molecule has 5 nitrogen and oxygen atoms in total. The van der Waals surface area contributed by atoms with Crippen molar-refractivity contribution in [2.75, 3.05) is 6.61 Å². The second-order valence-corrected chi connectivity index (χ2v) is 6.80. The molecule has 1 aromatic rings. The molecule has 2 heterocycles. The summed E-state index contributed by atoms with van der Waals surface area (Å²) >= 11 is 0. The van der Waals surface area contributed by atoms with Gasteiger partial charge in [-0.2, -0.15) is 5.10 Å². The lowest BCUT2D eigenvalue weighted by atomic mass is 9.73. The van der Waals surface area contributed by atoms with Gasteiger partial charge in [0.15, 0.2) is 0 Å². The van der Waals surface area contributed by atoms with Crippen LogP contribution in [0, 0.1) is 12.8 Å². The maximum absolute atomic E-state index is 6.21. The largest absolute Gasteiger partial charge is 0.375 e. The molecule has 0 aromatic carbocycles. The third kappa shape index (κ3) is 2.87. The first-order valence-electron chi connectivity index (χ1n) is 8.24. The van der Waals surface area contributed by atoms with Crippen molar-refractivity contribution in [1.29, 1.82) is 0 Å². The van der Waals surface area contributed by atoms with Gasteiger partial charge in [0.25, 0.3) is 0 Å². The van der Waals surface area contributed by atoms with E-state index in [-0.39, 0.29) is 11.6 Å². The summed E-state index contributed by atoms with van der Waals surface area (Å²) in [5, 5.41) is 4.37. The number of hydrazine groups is 1. The number of aromatic nitrogens is 2. The molecule has 118 valence electrons. The molecule has 2 unspecified atom stereocenters. The van der Waals surface area contributed by atoms with Crippen LogP contribution in [0.15, 0.2) is 6.20 Å². The number of aryl methyl sites for hydroxylation is 1. The van der Waals surface area contributed by atoms with Crippen molar-refractivity contribution >= 4 is 0 Å². The number of nitrogens with zero attached hydrogens (tertiary/aromatic N) is 2. The Balaban J connectivity index is 1.79. The fraction of sp³-hybridized carbons (Fsp3) is 0.812. The molecule has 1 spiro atoms. The smallest absolute Gasteiger partial charge is 0.0686 e. The summed E-state index contributed by atoms with van der Waals surface area (Å²) in [4.78, 5) is 0. The maximum atomic E-state index is 6.21. The summed E-state index contributed by atoms with van der Waals surface area (Å²) in [6.45, 7) is 2.98. The molecular weight excluding hydrogens is 264 g/mol. The standard InChI is InChI=1S/C16H28N4O/c1-12-14(11-18-20(12)2)15(19-17)13-6-9-21-16(10-13)7-4-3-5-8-16/h11,13,15,19H,3-10,17H2,1-2H3. The van der Waals surface area contributed by atoms with Crippen LogP contribution in [0.2, 0.25) is 0 Å². The number of nitrogens with one attached hydrogen (secondary N) is 1. The second kappa shape index (κ2) is 6.07. The third-order valence-electron chi connectivity index (χ3n) is 5.56. The van der Waals surface area contributed by atoms with Gasteiger partial charge in [-0.1, -0.05) is 19.3 Å². The van der Waals surface area contributed by atoms with Crippen LogP contribution in [0.5, 0.6) is 0 Å². The molecule has 3 rings (SSSR count). The zero-order valence-electron chi connectivity index (χ0n) is 13.3. The van der Waals surface area contributed by atoms with Crippen molar-refractivity contribution < 1.29 is 4.74 Å². The Kier molecular flexibility index (Phi) is 4.33. The summed E-state index contributed by atoms with van der Waals surface area (Å²) in [6, 6.07) is 0.182. The van der Waals surface area contributed by atoms with E-state index in [1.54, 1.807) is 0 Å². The van der Waals surface area contributed by atoms with E-state index in [1.165, 1.54) is 43.4 Å². The fourth-order valence-electron chi connectivity index (χ4n) is 4.20. The molecule has 1 saturated carbocycles. The Morgan fingerprint density at radius 3 is 2.81 bits per heavy atom. The van der Waals surface area contributed by atoms with Crippen LogP contribution in [-0.4, -0.2) is 22.0 Å². The van der Waals surface area contributed by atoms with Crippen LogP contribution in [0.4, 0.5) is 0 Å². The first-order chi connectivity index (χ1) is 10.2. The molecule has 2 aliphatic rings. The van der Waals surface area contributed by atoms with Gasteiger partial charge in [-0.15, -0.1) is 0 Å². The van der Waals surface area contributed by atoms with Crippen LogP contribution < -0.4 is 11.3 Å². The summed E-state index contributed by atoms with van der Waals surface area (Å²) in [7, 11) is 1.99. The van der Waals surface area contributed by atoms with Crippen molar-refractivity contribution in [1.82, 2.24) is 15.2 Å². The number of hydrogen-bond acceptors (Lipinski definition) is 4. The molecule has 3 N–H and O–H groups in total. The highest BCUT2D eigenvalue weighted by molar-refractivity contribution is 5.21. The molecule has 1 saturated heterocycles. The van der Waals surface area contributed by atoms with Gasteiger partial charge in [-0.05, 0) is 38.5 Å². The van der Waals surface area contributed by atoms with Crippen LogP contribution >= 0.6 is 0 Å². The lowest BCUT2D eigenvalue weighted by Gasteiger charge is -2.45. The van der Waals surface area contributed by atoms with E-state index in [9.17, 15) is 0 Å². The Bertz CT molecular complexity index is 473.